The molecule has 1 aromatic heterocycles. The number of carbonyl (C=O) groups excluding carboxylic acids is 2. The summed E-state index contributed by atoms with van der Waals surface area (Å²) in [5, 5.41) is 16.2. The predicted molar refractivity (Wildman–Crippen MR) is 149 cm³/mol. The lowest BCUT2D eigenvalue weighted by molar-refractivity contribution is -0.384. The topological polar surface area (TPSA) is 133 Å². The van der Waals surface area contributed by atoms with Crippen LogP contribution >= 0.6 is 23.1 Å². The molecule has 2 amide bonds. The van der Waals surface area contributed by atoms with Gasteiger partial charge < -0.3 is 20.1 Å². The number of nitrogens with zero attached hydrogens (tertiary/aromatic N) is 2. The van der Waals surface area contributed by atoms with Crippen molar-refractivity contribution in [3.8, 4) is 11.5 Å². The molecule has 196 valence electrons. The van der Waals surface area contributed by atoms with Crippen LogP contribution < -0.4 is 20.1 Å². The van der Waals surface area contributed by atoms with E-state index in [-0.39, 0.29) is 17.5 Å². The first-order valence-electron chi connectivity index (χ1n) is 11.5. The number of nitro benzene ring substituents is 1. The van der Waals surface area contributed by atoms with Crippen molar-refractivity contribution in [3.05, 3.63) is 76.3 Å². The van der Waals surface area contributed by atoms with E-state index in [1.54, 1.807) is 30.3 Å². The molecule has 1 atom stereocenters. The summed E-state index contributed by atoms with van der Waals surface area (Å²) in [5.74, 6) is 0.428. The van der Waals surface area contributed by atoms with Gasteiger partial charge in [-0.15, -0.1) is 11.3 Å². The SMILES string of the molecule is CCC(Sc1nc2ccc(NC(=O)c3ccc(OC)c(OC)c3)cc2s1)C(=O)Nc1cccc([N+](=O)[O-])c1. The smallest absolute Gasteiger partial charge is 0.271 e. The summed E-state index contributed by atoms with van der Waals surface area (Å²) < 4.78 is 12.0. The van der Waals surface area contributed by atoms with Crippen LogP contribution in [0.2, 0.25) is 0 Å². The molecule has 4 rings (SSSR count). The maximum atomic E-state index is 12.9. The Bertz CT molecular complexity index is 1510. The molecule has 0 bridgehead atoms. The van der Waals surface area contributed by atoms with Crippen LogP contribution in [-0.4, -0.2) is 41.2 Å². The zero-order chi connectivity index (χ0) is 27.2. The third-order valence-electron chi connectivity index (χ3n) is 5.50. The fourth-order valence-corrected chi connectivity index (χ4v) is 5.85. The molecule has 3 aromatic carbocycles. The lowest BCUT2D eigenvalue weighted by Gasteiger charge is -2.13. The molecule has 4 aromatic rings. The normalized spacial score (nSPS) is 11.6. The van der Waals surface area contributed by atoms with Crippen molar-refractivity contribution in [3.63, 3.8) is 0 Å². The average molecular weight is 553 g/mol. The van der Waals surface area contributed by atoms with Gasteiger partial charge in [0, 0.05) is 29.1 Å². The molecule has 2 N–H and O–H groups in total. The average Bonchev–Trinajstić information content (AvgIpc) is 3.33. The third-order valence-corrected chi connectivity index (χ3v) is 7.98. The number of anilines is 2. The van der Waals surface area contributed by atoms with Crippen LogP contribution in [0, 0.1) is 10.1 Å². The standard InChI is InChI=1S/C26H24N4O6S2/c1-4-22(25(32)28-16-6-5-7-18(13-16)30(33)34)37-26-29-19-10-9-17(14-23(19)38-26)27-24(31)15-8-11-20(35-2)21(12-15)36-3/h5-14,22H,4H2,1-3H3,(H,27,31)(H,28,32). The van der Waals surface area contributed by atoms with Crippen LogP contribution in [0.1, 0.15) is 23.7 Å². The van der Waals surface area contributed by atoms with E-state index >= 15 is 0 Å². The van der Waals surface area contributed by atoms with Gasteiger partial charge in [-0.25, -0.2) is 4.98 Å². The van der Waals surface area contributed by atoms with Gasteiger partial charge in [-0.3, -0.25) is 19.7 Å². The number of fused-ring (bicyclic) bond motifs is 1. The molecule has 0 aliphatic rings. The van der Waals surface area contributed by atoms with E-state index in [9.17, 15) is 19.7 Å². The summed E-state index contributed by atoms with van der Waals surface area (Å²) in [4.78, 5) is 40.8. The fraction of sp³-hybridized carbons (Fsp3) is 0.192. The maximum absolute atomic E-state index is 12.9. The number of hydrogen-bond donors (Lipinski definition) is 2. The van der Waals surface area contributed by atoms with Crippen molar-refractivity contribution < 1.29 is 24.0 Å². The van der Waals surface area contributed by atoms with Gasteiger partial charge in [0.1, 0.15) is 0 Å². The molecule has 0 spiro atoms. The molecule has 12 heteroatoms. The number of amides is 2. The number of nitrogens with one attached hydrogen (secondary N) is 2. The number of methoxy groups -OCH3 is 2. The second-order valence-corrected chi connectivity index (χ2v) is 10.5. The van der Waals surface area contributed by atoms with Gasteiger partial charge in [0.25, 0.3) is 11.6 Å². The largest absolute Gasteiger partial charge is 0.493 e. The number of rotatable bonds is 10. The molecule has 10 nitrogen and oxygen atoms in total. The predicted octanol–water partition coefficient (Wildman–Crippen LogP) is 5.98. The van der Waals surface area contributed by atoms with Gasteiger partial charge in [-0.2, -0.15) is 0 Å². The number of hydrogen-bond acceptors (Lipinski definition) is 9. The molecule has 1 unspecified atom stereocenters. The number of ether oxygens (including phenoxy) is 2. The Morgan fingerprint density at radius 2 is 1.79 bits per heavy atom. The molecule has 38 heavy (non-hydrogen) atoms. The first kappa shape index (κ1) is 26.9. The van der Waals surface area contributed by atoms with Gasteiger partial charge in [0.05, 0.1) is 34.6 Å². The van der Waals surface area contributed by atoms with Crippen LogP contribution in [0.4, 0.5) is 17.1 Å². The van der Waals surface area contributed by atoms with E-state index in [2.05, 4.69) is 15.6 Å². The van der Waals surface area contributed by atoms with Gasteiger partial charge >= 0.3 is 0 Å². The summed E-state index contributed by atoms with van der Waals surface area (Å²) >= 11 is 2.74. The number of thioether (sulfide) groups is 1. The van der Waals surface area contributed by atoms with Gasteiger partial charge in [-0.1, -0.05) is 24.8 Å². The molecule has 0 saturated heterocycles. The first-order chi connectivity index (χ1) is 18.3. The van der Waals surface area contributed by atoms with E-state index < -0.39 is 10.2 Å². The Labute approximate surface area is 226 Å². The minimum absolute atomic E-state index is 0.0938. The van der Waals surface area contributed by atoms with Crippen molar-refractivity contribution >= 4 is 62.2 Å². The maximum Gasteiger partial charge on any atom is 0.271 e. The number of non-ortho nitro benzene ring substituents is 1. The second kappa shape index (κ2) is 11.9. The number of aromatic nitrogens is 1. The zero-order valence-corrected chi connectivity index (χ0v) is 22.4. The summed E-state index contributed by atoms with van der Waals surface area (Å²) in [6, 6.07) is 16.2. The van der Waals surface area contributed by atoms with Crippen molar-refractivity contribution in [2.45, 2.75) is 22.9 Å². The Balaban J connectivity index is 1.45. The van der Waals surface area contributed by atoms with E-state index in [1.165, 1.54) is 55.5 Å². The number of carbonyl (C=O) groups is 2. The molecule has 0 aliphatic carbocycles. The molecule has 1 heterocycles. The number of benzene rings is 3. The molecule has 0 radical (unpaired) electrons. The van der Waals surface area contributed by atoms with E-state index in [4.69, 9.17) is 9.47 Å². The number of thiazole rings is 1. The Morgan fingerprint density at radius 1 is 1.03 bits per heavy atom. The van der Waals surface area contributed by atoms with Crippen molar-refractivity contribution in [2.24, 2.45) is 0 Å². The Hall–Kier alpha value is -4.16. The first-order valence-corrected chi connectivity index (χ1v) is 13.2. The van der Waals surface area contributed by atoms with Crippen LogP contribution in [0.25, 0.3) is 10.2 Å². The van der Waals surface area contributed by atoms with Gasteiger partial charge in [0.15, 0.2) is 15.8 Å². The van der Waals surface area contributed by atoms with Gasteiger partial charge in [0.2, 0.25) is 5.91 Å². The Kier molecular flexibility index (Phi) is 8.44. The highest BCUT2D eigenvalue weighted by atomic mass is 32.2. The second-order valence-electron chi connectivity index (χ2n) is 8.00. The lowest BCUT2D eigenvalue weighted by atomic mass is 10.2. The molecular formula is C26H24N4O6S2. The highest BCUT2D eigenvalue weighted by Crippen LogP contribution is 2.35. The molecule has 0 fully saturated rings. The summed E-state index contributed by atoms with van der Waals surface area (Å²) in [6.07, 6.45) is 0.536. The van der Waals surface area contributed by atoms with E-state index in [0.717, 1.165) is 10.2 Å². The van der Waals surface area contributed by atoms with Crippen molar-refractivity contribution in [1.29, 1.82) is 0 Å². The lowest BCUT2D eigenvalue weighted by Crippen LogP contribution is -2.24. The van der Waals surface area contributed by atoms with Crippen molar-refractivity contribution in [2.75, 3.05) is 24.9 Å². The summed E-state index contributed by atoms with van der Waals surface area (Å²) in [7, 11) is 3.04. The number of nitro groups is 1. The monoisotopic (exact) mass is 552 g/mol. The van der Waals surface area contributed by atoms with Crippen LogP contribution in [-0.2, 0) is 4.79 Å². The third kappa shape index (κ3) is 6.21. The van der Waals surface area contributed by atoms with Crippen molar-refractivity contribution in [1.82, 2.24) is 4.98 Å². The minimum atomic E-state index is -0.507. The summed E-state index contributed by atoms with van der Waals surface area (Å²) in [5.41, 5.74) is 2.04. The van der Waals surface area contributed by atoms with E-state index in [0.29, 0.717) is 39.2 Å². The minimum Gasteiger partial charge on any atom is -0.493 e. The van der Waals surface area contributed by atoms with Crippen LogP contribution in [0.5, 0.6) is 11.5 Å². The molecule has 0 aliphatic heterocycles. The fourth-order valence-electron chi connectivity index (χ4n) is 3.58. The van der Waals surface area contributed by atoms with Crippen LogP contribution in [0.3, 0.4) is 0 Å². The van der Waals surface area contributed by atoms with Crippen LogP contribution in [0.15, 0.2) is 65.0 Å². The highest BCUT2D eigenvalue weighted by molar-refractivity contribution is 8.02. The quantitative estimate of drug-likeness (QED) is 0.139. The van der Waals surface area contributed by atoms with E-state index in [1.807, 2.05) is 19.1 Å². The molecule has 0 saturated carbocycles. The summed E-state index contributed by atoms with van der Waals surface area (Å²) in [6.45, 7) is 1.89. The zero-order valence-electron chi connectivity index (χ0n) is 20.7. The van der Waals surface area contributed by atoms with Gasteiger partial charge in [-0.05, 0) is 48.9 Å². The molecular weight excluding hydrogens is 528 g/mol. The highest BCUT2D eigenvalue weighted by Gasteiger charge is 2.21. The Morgan fingerprint density at radius 3 is 2.50 bits per heavy atom.